The number of likely N-dealkylation sites (N-methyl/N-ethyl adjacent to an activating group) is 1. The molecule has 0 aliphatic rings. The van der Waals surface area contributed by atoms with Crippen LogP contribution in [0.4, 0.5) is 0 Å². The van der Waals surface area contributed by atoms with Gasteiger partial charge in [-0.15, -0.1) is 0 Å². The second-order valence-electron chi connectivity index (χ2n) is 5.33. The zero-order chi connectivity index (χ0) is 13.9. The lowest BCUT2D eigenvalue weighted by Crippen LogP contribution is -2.53. The summed E-state index contributed by atoms with van der Waals surface area (Å²) < 4.78 is 1.87. The number of aliphatic hydroxyl groups excluding tert-OH is 1. The van der Waals surface area contributed by atoms with Crippen molar-refractivity contribution in [2.45, 2.75) is 51.7 Å². The van der Waals surface area contributed by atoms with Crippen molar-refractivity contribution in [3.05, 3.63) is 17.5 Å². The summed E-state index contributed by atoms with van der Waals surface area (Å²) in [4.78, 5) is 2.15. The molecule has 1 heterocycles. The van der Waals surface area contributed by atoms with Crippen LogP contribution in [0.25, 0.3) is 0 Å². The van der Waals surface area contributed by atoms with Crippen molar-refractivity contribution in [3.63, 3.8) is 0 Å². The highest BCUT2D eigenvalue weighted by atomic mass is 16.3. The number of aromatic nitrogens is 2. The minimum Gasteiger partial charge on any atom is -0.391 e. The van der Waals surface area contributed by atoms with Gasteiger partial charge in [0.1, 0.15) is 0 Å². The molecular formula is C14H27N3O. The maximum Gasteiger partial charge on any atom is 0.0778 e. The van der Waals surface area contributed by atoms with Crippen molar-refractivity contribution in [1.29, 1.82) is 0 Å². The van der Waals surface area contributed by atoms with Crippen molar-refractivity contribution in [2.24, 2.45) is 7.05 Å². The zero-order valence-corrected chi connectivity index (χ0v) is 12.6. The Morgan fingerprint density at radius 3 is 2.28 bits per heavy atom. The topological polar surface area (TPSA) is 41.3 Å². The molecule has 1 rings (SSSR count). The Labute approximate surface area is 111 Å². The van der Waals surface area contributed by atoms with Crippen molar-refractivity contribution >= 4 is 0 Å². The minimum atomic E-state index is -0.378. The first-order chi connectivity index (χ1) is 8.37. The molecule has 1 N–H and O–H groups in total. The van der Waals surface area contributed by atoms with Gasteiger partial charge in [0, 0.05) is 24.7 Å². The van der Waals surface area contributed by atoms with Gasteiger partial charge in [-0.2, -0.15) is 5.10 Å². The van der Waals surface area contributed by atoms with E-state index in [9.17, 15) is 5.11 Å². The fourth-order valence-electron chi connectivity index (χ4n) is 2.90. The molecule has 104 valence electrons. The van der Waals surface area contributed by atoms with Crippen LogP contribution in [-0.2, 0) is 13.5 Å². The molecule has 18 heavy (non-hydrogen) atoms. The number of rotatable bonds is 6. The molecule has 4 heteroatoms. The van der Waals surface area contributed by atoms with Gasteiger partial charge in [0.05, 0.1) is 11.8 Å². The summed E-state index contributed by atoms with van der Waals surface area (Å²) in [6, 6.07) is 2.05. The zero-order valence-electron chi connectivity index (χ0n) is 12.6. The van der Waals surface area contributed by atoms with Crippen LogP contribution < -0.4 is 0 Å². The van der Waals surface area contributed by atoms with E-state index in [0.717, 1.165) is 24.2 Å². The highest BCUT2D eigenvalue weighted by Gasteiger charge is 2.37. The SMILES string of the molecule is CCC(CC)(C(O)Cc1cc(C)nn1C)N(C)C. The summed E-state index contributed by atoms with van der Waals surface area (Å²) in [5.74, 6) is 0. The van der Waals surface area contributed by atoms with Gasteiger partial charge < -0.3 is 10.0 Å². The lowest BCUT2D eigenvalue weighted by Gasteiger charge is -2.42. The first-order valence-electron chi connectivity index (χ1n) is 6.72. The molecule has 1 aromatic rings. The van der Waals surface area contributed by atoms with Gasteiger partial charge in [-0.25, -0.2) is 0 Å². The molecule has 0 spiro atoms. The standard InChI is InChI=1S/C14H27N3O/c1-7-14(8-2,16(4)5)13(18)10-12-9-11(3)15-17(12)6/h9,13,18H,7-8,10H2,1-6H3. The molecule has 1 aromatic heterocycles. The van der Waals surface area contributed by atoms with Crippen LogP contribution in [0.1, 0.15) is 38.1 Å². The largest absolute Gasteiger partial charge is 0.391 e. The van der Waals surface area contributed by atoms with E-state index in [1.165, 1.54) is 0 Å². The monoisotopic (exact) mass is 253 g/mol. The molecule has 0 fully saturated rings. The highest BCUT2D eigenvalue weighted by Crippen LogP contribution is 2.28. The summed E-state index contributed by atoms with van der Waals surface area (Å²) in [6.45, 7) is 6.26. The summed E-state index contributed by atoms with van der Waals surface area (Å²) in [6.07, 6.45) is 2.15. The normalized spacial score (nSPS) is 14.2. The predicted octanol–water partition coefficient (Wildman–Crippen LogP) is 1.75. The Balaban J connectivity index is 2.92. The summed E-state index contributed by atoms with van der Waals surface area (Å²) in [7, 11) is 6.03. The summed E-state index contributed by atoms with van der Waals surface area (Å²) in [5, 5.41) is 15.0. The number of aryl methyl sites for hydroxylation is 2. The molecular weight excluding hydrogens is 226 g/mol. The van der Waals surface area contributed by atoms with E-state index < -0.39 is 0 Å². The van der Waals surface area contributed by atoms with E-state index in [4.69, 9.17) is 0 Å². The number of aliphatic hydroxyl groups is 1. The van der Waals surface area contributed by atoms with Crippen LogP contribution in [0.3, 0.4) is 0 Å². The van der Waals surface area contributed by atoms with Crippen LogP contribution in [0.15, 0.2) is 6.07 Å². The molecule has 0 radical (unpaired) electrons. The maximum absolute atomic E-state index is 10.6. The van der Waals surface area contributed by atoms with Gasteiger partial charge in [-0.3, -0.25) is 4.68 Å². The Morgan fingerprint density at radius 2 is 1.94 bits per heavy atom. The van der Waals surface area contributed by atoms with Crippen LogP contribution in [0, 0.1) is 6.92 Å². The third-order valence-corrected chi connectivity index (χ3v) is 4.24. The van der Waals surface area contributed by atoms with Gasteiger partial charge >= 0.3 is 0 Å². The Hall–Kier alpha value is -0.870. The van der Waals surface area contributed by atoms with Crippen LogP contribution in [0.5, 0.6) is 0 Å². The smallest absolute Gasteiger partial charge is 0.0778 e. The molecule has 0 aliphatic carbocycles. The molecule has 0 saturated heterocycles. The van der Waals surface area contributed by atoms with E-state index in [1.54, 1.807) is 0 Å². The van der Waals surface area contributed by atoms with Gasteiger partial charge in [0.25, 0.3) is 0 Å². The average Bonchev–Trinajstić information content (AvgIpc) is 2.59. The Bertz CT molecular complexity index is 380. The summed E-state index contributed by atoms with van der Waals surface area (Å²) >= 11 is 0. The molecule has 0 saturated carbocycles. The first kappa shape index (κ1) is 15.2. The quantitative estimate of drug-likeness (QED) is 0.840. The van der Waals surface area contributed by atoms with Crippen molar-refractivity contribution < 1.29 is 5.11 Å². The van der Waals surface area contributed by atoms with E-state index >= 15 is 0 Å². The maximum atomic E-state index is 10.6. The van der Waals surface area contributed by atoms with Crippen LogP contribution >= 0.6 is 0 Å². The lowest BCUT2D eigenvalue weighted by molar-refractivity contribution is -0.0134. The number of hydrogen-bond acceptors (Lipinski definition) is 3. The molecule has 1 atom stereocenters. The van der Waals surface area contributed by atoms with Crippen molar-refractivity contribution in [2.75, 3.05) is 14.1 Å². The molecule has 0 bridgehead atoms. The lowest BCUT2D eigenvalue weighted by atomic mass is 9.83. The van der Waals surface area contributed by atoms with Crippen LogP contribution in [-0.4, -0.2) is 45.5 Å². The van der Waals surface area contributed by atoms with E-state index in [2.05, 4.69) is 29.9 Å². The van der Waals surface area contributed by atoms with Crippen molar-refractivity contribution in [1.82, 2.24) is 14.7 Å². The predicted molar refractivity (Wildman–Crippen MR) is 74.7 cm³/mol. The molecule has 4 nitrogen and oxygen atoms in total. The second-order valence-corrected chi connectivity index (χ2v) is 5.33. The summed E-state index contributed by atoms with van der Waals surface area (Å²) in [5.41, 5.74) is 1.94. The van der Waals surface area contributed by atoms with Gasteiger partial charge in [-0.05, 0) is 39.9 Å². The van der Waals surface area contributed by atoms with Crippen molar-refractivity contribution in [3.8, 4) is 0 Å². The van der Waals surface area contributed by atoms with E-state index in [0.29, 0.717) is 6.42 Å². The number of nitrogens with zero attached hydrogens (tertiary/aromatic N) is 3. The van der Waals surface area contributed by atoms with E-state index in [1.807, 2.05) is 32.7 Å². The van der Waals surface area contributed by atoms with Gasteiger partial charge in [-0.1, -0.05) is 13.8 Å². The van der Waals surface area contributed by atoms with E-state index in [-0.39, 0.29) is 11.6 Å². The number of hydrogen-bond donors (Lipinski definition) is 1. The third kappa shape index (κ3) is 2.75. The fraction of sp³-hybridized carbons (Fsp3) is 0.786. The average molecular weight is 253 g/mol. The third-order valence-electron chi connectivity index (χ3n) is 4.24. The molecule has 1 unspecified atom stereocenters. The molecule has 0 aliphatic heterocycles. The van der Waals surface area contributed by atoms with Gasteiger partial charge in [0.15, 0.2) is 0 Å². The second kappa shape index (κ2) is 5.85. The fourth-order valence-corrected chi connectivity index (χ4v) is 2.90. The molecule has 0 amide bonds. The highest BCUT2D eigenvalue weighted by molar-refractivity contribution is 5.11. The molecule has 0 aromatic carbocycles. The van der Waals surface area contributed by atoms with Gasteiger partial charge in [0.2, 0.25) is 0 Å². The Kier molecular flexibility index (Phi) is 4.93. The van der Waals surface area contributed by atoms with Crippen LogP contribution in [0.2, 0.25) is 0 Å². The Morgan fingerprint density at radius 1 is 1.39 bits per heavy atom. The first-order valence-corrected chi connectivity index (χ1v) is 6.72. The minimum absolute atomic E-state index is 0.155.